The molecule has 0 radical (unpaired) electrons. The van der Waals surface area contributed by atoms with Crippen LogP contribution in [0.15, 0.2) is 12.2 Å². The maximum atomic E-state index is 11.5. The summed E-state index contributed by atoms with van der Waals surface area (Å²) in [6.45, 7) is 2.03. The highest BCUT2D eigenvalue weighted by Gasteiger charge is 2.41. The topological polar surface area (TPSA) is 66.4 Å². The molecular formula is C13H19NO3. The van der Waals surface area contributed by atoms with Crippen LogP contribution in [0.4, 0.5) is 0 Å². The quantitative estimate of drug-likeness (QED) is 0.729. The van der Waals surface area contributed by atoms with Gasteiger partial charge in [-0.3, -0.25) is 4.79 Å². The summed E-state index contributed by atoms with van der Waals surface area (Å²) in [5, 5.41) is 11.3. The Morgan fingerprint density at radius 3 is 2.59 bits per heavy atom. The summed E-state index contributed by atoms with van der Waals surface area (Å²) >= 11 is 0. The van der Waals surface area contributed by atoms with Crippen molar-refractivity contribution in [3.05, 3.63) is 12.2 Å². The van der Waals surface area contributed by atoms with Crippen LogP contribution >= 0.6 is 0 Å². The molecule has 2 N–H and O–H groups in total. The molecule has 2 bridgehead atoms. The van der Waals surface area contributed by atoms with E-state index in [1.165, 1.54) is 25.7 Å². The van der Waals surface area contributed by atoms with Gasteiger partial charge >= 0.3 is 5.97 Å². The van der Waals surface area contributed by atoms with Gasteiger partial charge in [0.1, 0.15) is 0 Å². The highest BCUT2D eigenvalue weighted by Crippen LogP contribution is 2.49. The summed E-state index contributed by atoms with van der Waals surface area (Å²) in [5.74, 6) is 0.809. The lowest BCUT2D eigenvalue weighted by Crippen LogP contribution is -2.39. The number of hydrogen-bond donors (Lipinski definition) is 2. The van der Waals surface area contributed by atoms with E-state index in [-0.39, 0.29) is 11.9 Å². The Bertz CT molecular complexity index is 351. The van der Waals surface area contributed by atoms with Crippen LogP contribution in [0.1, 0.15) is 32.6 Å². The third kappa shape index (κ3) is 2.87. The van der Waals surface area contributed by atoms with E-state index in [9.17, 15) is 9.59 Å². The molecule has 0 spiro atoms. The summed E-state index contributed by atoms with van der Waals surface area (Å²) in [7, 11) is 0. The molecule has 0 heterocycles. The Kier molecular flexibility index (Phi) is 3.50. The molecule has 1 amide bonds. The summed E-state index contributed by atoms with van der Waals surface area (Å²) in [5.41, 5.74) is 0. The maximum Gasteiger partial charge on any atom is 0.328 e. The number of aliphatic carboxylic acids is 1. The SMILES string of the molecule is C[C@H](NC(=O)/C=C/C(=O)O)[C@@H]1C[C@@H]2CC[C@@H]1C2. The van der Waals surface area contributed by atoms with Gasteiger partial charge in [-0.15, -0.1) is 0 Å². The van der Waals surface area contributed by atoms with Gasteiger partial charge in [0.2, 0.25) is 5.91 Å². The highest BCUT2D eigenvalue weighted by atomic mass is 16.4. The summed E-state index contributed by atoms with van der Waals surface area (Å²) in [6, 6.07) is 0.149. The Morgan fingerprint density at radius 2 is 2.06 bits per heavy atom. The van der Waals surface area contributed by atoms with E-state index < -0.39 is 5.97 Å². The largest absolute Gasteiger partial charge is 0.478 e. The number of carboxylic acid groups (broad SMARTS) is 1. The molecule has 2 aliphatic rings. The minimum absolute atomic E-state index is 0.149. The second kappa shape index (κ2) is 4.90. The van der Waals surface area contributed by atoms with Crippen molar-refractivity contribution in [1.82, 2.24) is 5.32 Å². The van der Waals surface area contributed by atoms with Crippen molar-refractivity contribution in [2.24, 2.45) is 17.8 Å². The van der Waals surface area contributed by atoms with Gasteiger partial charge in [-0.1, -0.05) is 6.42 Å². The zero-order valence-electron chi connectivity index (χ0n) is 10.1. The lowest BCUT2D eigenvalue weighted by atomic mass is 9.84. The smallest absolute Gasteiger partial charge is 0.328 e. The summed E-state index contributed by atoms with van der Waals surface area (Å²) in [4.78, 5) is 21.7. The van der Waals surface area contributed by atoms with Crippen LogP contribution in [-0.2, 0) is 9.59 Å². The first-order valence-corrected chi connectivity index (χ1v) is 6.27. The van der Waals surface area contributed by atoms with E-state index in [1.807, 2.05) is 6.92 Å². The van der Waals surface area contributed by atoms with Gasteiger partial charge in [-0.25, -0.2) is 4.79 Å². The zero-order valence-corrected chi connectivity index (χ0v) is 10.1. The van der Waals surface area contributed by atoms with E-state index in [0.29, 0.717) is 5.92 Å². The van der Waals surface area contributed by atoms with Crippen LogP contribution in [0.25, 0.3) is 0 Å². The fraction of sp³-hybridized carbons (Fsp3) is 0.692. The minimum atomic E-state index is -1.09. The van der Waals surface area contributed by atoms with Crippen molar-refractivity contribution in [2.45, 2.75) is 38.6 Å². The fourth-order valence-electron chi connectivity index (χ4n) is 3.43. The molecule has 0 unspecified atom stereocenters. The van der Waals surface area contributed by atoms with E-state index in [4.69, 9.17) is 5.11 Å². The average molecular weight is 237 g/mol. The van der Waals surface area contributed by atoms with Crippen molar-refractivity contribution in [1.29, 1.82) is 0 Å². The Morgan fingerprint density at radius 1 is 1.29 bits per heavy atom. The van der Waals surface area contributed by atoms with Crippen molar-refractivity contribution in [3.63, 3.8) is 0 Å². The van der Waals surface area contributed by atoms with Crippen molar-refractivity contribution in [2.75, 3.05) is 0 Å². The standard InChI is InChI=1S/C13H19NO3/c1-8(14-12(15)4-5-13(16)17)11-7-9-2-3-10(11)6-9/h4-5,8-11H,2-3,6-7H2,1H3,(H,14,15)(H,16,17)/b5-4+/t8-,9+,10+,11-/m0/s1. The predicted molar refractivity (Wildman–Crippen MR) is 63.3 cm³/mol. The van der Waals surface area contributed by atoms with Crippen molar-refractivity contribution in [3.8, 4) is 0 Å². The van der Waals surface area contributed by atoms with Gasteiger partial charge in [0, 0.05) is 18.2 Å². The number of hydrogen-bond acceptors (Lipinski definition) is 2. The van der Waals surface area contributed by atoms with Crippen molar-refractivity contribution < 1.29 is 14.7 Å². The molecule has 4 atom stereocenters. The monoisotopic (exact) mass is 237 g/mol. The number of nitrogens with one attached hydrogen (secondary N) is 1. The lowest BCUT2D eigenvalue weighted by molar-refractivity contribution is -0.131. The number of carbonyl (C=O) groups is 2. The molecule has 2 saturated carbocycles. The summed E-state index contributed by atoms with van der Waals surface area (Å²) in [6.07, 6.45) is 7.14. The molecule has 0 aromatic carbocycles. The first-order valence-electron chi connectivity index (χ1n) is 6.27. The molecule has 4 heteroatoms. The third-order valence-corrected chi connectivity index (χ3v) is 4.18. The second-order valence-corrected chi connectivity index (χ2v) is 5.31. The number of rotatable bonds is 4. The molecule has 0 aromatic heterocycles. The summed E-state index contributed by atoms with van der Waals surface area (Å²) < 4.78 is 0. The molecule has 0 saturated heterocycles. The van der Waals surface area contributed by atoms with Crippen LogP contribution in [0.2, 0.25) is 0 Å². The lowest BCUT2D eigenvalue weighted by Gasteiger charge is -2.28. The third-order valence-electron chi connectivity index (χ3n) is 4.18. The molecule has 2 fully saturated rings. The first kappa shape index (κ1) is 12.1. The maximum absolute atomic E-state index is 11.5. The van der Waals surface area contributed by atoms with Gasteiger partial charge < -0.3 is 10.4 Å². The van der Waals surface area contributed by atoms with Crippen LogP contribution in [-0.4, -0.2) is 23.0 Å². The van der Waals surface area contributed by atoms with Crippen LogP contribution in [0.3, 0.4) is 0 Å². The molecule has 0 aromatic rings. The number of carboxylic acids is 1. The van der Waals surface area contributed by atoms with E-state index in [0.717, 1.165) is 24.0 Å². The highest BCUT2D eigenvalue weighted by molar-refractivity contribution is 5.93. The fourth-order valence-corrected chi connectivity index (χ4v) is 3.43. The molecule has 0 aliphatic heterocycles. The molecular weight excluding hydrogens is 218 g/mol. The van der Waals surface area contributed by atoms with Crippen LogP contribution < -0.4 is 5.32 Å². The van der Waals surface area contributed by atoms with E-state index in [2.05, 4.69) is 5.32 Å². The molecule has 2 aliphatic carbocycles. The van der Waals surface area contributed by atoms with Crippen molar-refractivity contribution >= 4 is 11.9 Å². The van der Waals surface area contributed by atoms with Gasteiger partial charge in [0.15, 0.2) is 0 Å². The predicted octanol–water partition coefficient (Wildman–Crippen LogP) is 1.57. The number of amides is 1. The average Bonchev–Trinajstić information content (AvgIpc) is 2.87. The Balaban J connectivity index is 1.83. The minimum Gasteiger partial charge on any atom is -0.478 e. The normalized spacial score (nSPS) is 32.9. The number of carbonyl (C=O) groups excluding carboxylic acids is 1. The van der Waals surface area contributed by atoms with Gasteiger partial charge in [-0.2, -0.15) is 0 Å². The molecule has 4 nitrogen and oxygen atoms in total. The van der Waals surface area contributed by atoms with Crippen LogP contribution in [0, 0.1) is 17.8 Å². The Hall–Kier alpha value is -1.32. The number of fused-ring (bicyclic) bond motifs is 2. The molecule has 94 valence electrons. The molecule has 2 rings (SSSR count). The van der Waals surface area contributed by atoms with Gasteiger partial charge in [0.05, 0.1) is 0 Å². The van der Waals surface area contributed by atoms with Crippen LogP contribution in [0.5, 0.6) is 0 Å². The second-order valence-electron chi connectivity index (χ2n) is 5.31. The van der Waals surface area contributed by atoms with E-state index in [1.54, 1.807) is 0 Å². The molecule has 17 heavy (non-hydrogen) atoms. The zero-order chi connectivity index (χ0) is 12.4. The van der Waals surface area contributed by atoms with Gasteiger partial charge in [0.25, 0.3) is 0 Å². The van der Waals surface area contributed by atoms with Gasteiger partial charge in [-0.05, 0) is 43.9 Å². The van der Waals surface area contributed by atoms with E-state index >= 15 is 0 Å². The first-order chi connectivity index (χ1) is 8.06. The Labute approximate surface area is 101 Å².